The number of nitrogens with zero attached hydrogens (tertiary/aromatic N) is 3. The summed E-state index contributed by atoms with van der Waals surface area (Å²) in [6.45, 7) is 4.55. The molecule has 26 heavy (non-hydrogen) atoms. The van der Waals surface area contributed by atoms with Gasteiger partial charge in [-0.3, -0.25) is 0 Å². The Balaban J connectivity index is 2.04. The predicted molar refractivity (Wildman–Crippen MR) is 98.9 cm³/mol. The molecule has 0 radical (unpaired) electrons. The largest absolute Gasteiger partial charge is 0.417 e. The van der Waals surface area contributed by atoms with Crippen molar-refractivity contribution in [2.75, 3.05) is 0 Å². The van der Waals surface area contributed by atoms with Crippen molar-refractivity contribution in [1.29, 1.82) is 0 Å². The topological polar surface area (TPSA) is 85.4 Å². The molecule has 0 fully saturated rings. The van der Waals surface area contributed by atoms with E-state index in [2.05, 4.69) is 31.6 Å². The van der Waals surface area contributed by atoms with Crippen LogP contribution in [0.25, 0.3) is 5.57 Å². The molecule has 0 aromatic carbocycles. The molecule has 0 unspecified atom stereocenters. The average molecular weight is 379 g/mol. The van der Waals surface area contributed by atoms with Gasteiger partial charge in [0.2, 0.25) is 5.88 Å². The number of nitrogens with two attached hydrogens (primary N) is 1. The van der Waals surface area contributed by atoms with Crippen molar-refractivity contribution >= 4 is 22.9 Å². The first kappa shape index (κ1) is 19.5. The molecule has 0 saturated carbocycles. The Kier molecular flexibility index (Phi) is 6.40. The summed E-state index contributed by atoms with van der Waals surface area (Å²) >= 11 is 1.47. The van der Waals surface area contributed by atoms with Gasteiger partial charge in [0.25, 0.3) is 0 Å². The van der Waals surface area contributed by atoms with Gasteiger partial charge in [-0.05, 0) is 26.0 Å². The van der Waals surface area contributed by atoms with Crippen LogP contribution in [0.2, 0.25) is 0 Å². The number of aliphatic imine (C=N–C) groups is 1. The maximum atomic E-state index is 12.3. The second-order valence-electron chi connectivity index (χ2n) is 5.68. The van der Waals surface area contributed by atoms with Crippen molar-refractivity contribution in [2.45, 2.75) is 26.0 Å². The summed E-state index contributed by atoms with van der Waals surface area (Å²) in [5, 5.41) is 5.64. The minimum absolute atomic E-state index is 0.139. The SMILES string of the molecule is C=C(/C=C\N=C(/N)NC(C)(C)c1cccc(OC(F)F)n1)c1nccs1. The number of guanidine groups is 1. The molecule has 0 aliphatic heterocycles. The number of pyridine rings is 1. The molecule has 6 nitrogen and oxygen atoms in total. The zero-order chi connectivity index (χ0) is 19.2. The fourth-order valence-electron chi connectivity index (χ4n) is 2.00. The normalized spacial score (nSPS) is 12.6. The molecule has 2 aromatic heterocycles. The predicted octanol–water partition coefficient (Wildman–Crippen LogP) is 3.51. The van der Waals surface area contributed by atoms with Crippen molar-refractivity contribution in [3.63, 3.8) is 0 Å². The lowest BCUT2D eigenvalue weighted by molar-refractivity contribution is -0.0530. The van der Waals surface area contributed by atoms with Gasteiger partial charge in [0.05, 0.1) is 11.2 Å². The van der Waals surface area contributed by atoms with E-state index in [-0.39, 0.29) is 11.8 Å². The molecule has 2 aromatic rings. The lowest BCUT2D eigenvalue weighted by atomic mass is 10.0. The lowest BCUT2D eigenvalue weighted by Gasteiger charge is -2.26. The van der Waals surface area contributed by atoms with Crippen LogP contribution in [0.15, 0.2) is 53.6 Å². The quantitative estimate of drug-likeness (QED) is 0.437. The summed E-state index contributed by atoms with van der Waals surface area (Å²) in [5.41, 5.74) is 6.33. The summed E-state index contributed by atoms with van der Waals surface area (Å²) in [6, 6.07) is 4.61. The zero-order valence-electron chi connectivity index (χ0n) is 14.3. The van der Waals surface area contributed by atoms with E-state index in [1.807, 2.05) is 5.38 Å². The van der Waals surface area contributed by atoms with Crippen LogP contribution < -0.4 is 15.8 Å². The molecule has 0 spiro atoms. The molecule has 0 amide bonds. The standard InChI is InChI=1S/C17H19F2N5OS/c1-11(14-21-9-10-26-14)7-8-22-16(20)24-17(2,3)12-5-4-6-13(23-12)25-15(18)19/h4-10,15H,1H2,2-3H3,(H3,20,22,24)/b8-7-. The monoisotopic (exact) mass is 379 g/mol. The molecule has 9 heteroatoms. The Hall–Kier alpha value is -2.81. The lowest BCUT2D eigenvalue weighted by Crippen LogP contribution is -2.45. The zero-order valence-corrected chi connectivity index (χ0v) is 15.1. The molecular formula is C17H19F2N5OS. The number of alkyl halides is 2. The number of hydrogen-bond acceptors (Lipinski definition) is 5. The molecule has 138 valence electrons. The van der Waals surface area contributed by atoms with E-state index in [0.717, 1.165) is 5.01 Å². The smallest absolute Gasteiger partial charge is 0.388 e. The van der Waals surface area contributed by atoms with Crippen molar-refractivity contribution < 1.29 is 13.5 Å². The first-order chi connectivity index (χ1) is 12.3. The van der Waals surface area contributed by atoms with Crippen molar-refractivity contribution in [1.82, 2.24) is 15.3 Å². The number of nitrogens with one attached hydrogen (secondary N) is 1. The molecule has 3 N–H and O–H groups in total. The maximum absolute atomic E-state index is 12.3. The molecule has 0 saturated heterocycles. The third-order valence-corrected chi connectivity index (χ3v) is 4.06. The van der Waals surface area contributed by atoms with Gasteiger partial charge in [0, 0.05) is 29.4 Å². The van der Waals surface area contributed by atoms with Crippen LogP contribution in [0.1, 0.15) is 24.5 Å². The third-order valence-electron chi connectivity index (χ3n) is 3.21. The minimum Gasteiger partial charge on any atom is -0.417 e. The van der Waals surface area contributed by atoms with E-state index in [1.54, 1.807) is 38.3 Å². The second-order valence-corrected chi connectivity index (χ2v) is 6.58. The molecular weight excluding hydrogens is 360 g/mol. The highest BCUT2D eigenvalue weighted by molar-refractivity contribution is 7.10. The summed E-state index contributed by atoms with van der Waals surface area (Å²) in [4.78, 5) is 12.3. The van der Waals surface area contributed by atoms with Crippen LogP contribution in [0.5, 0.6) is 5.88 Å². The van der Waals surface area contributed by atoms with Crippen LogP contribution in [0.4, 0.5) is 8.78 Å². The highest BCUT2D eigenvalue weighted by Crippen LogP contribution is 2.21. The van der Waals surface area contributed by atoms with Gasteiger partial charge in [0.1, 0.15) is 5.01 Å². The third kappa shape index (κ3) is 5.62. The number of rotatable bonds is 7. The number of halogens is 2. The first-order valence-corrected chi connectivity index (χ1v) is 8.45. The van der Waals surface area contributed by atoms with E-state index >= 15 is 0 Å². The minimum atomic E-state index is -2.93. The Labute approximate surface area is 154 Å². The fraction of sp³-hybridized carbons (Fsp3) is 0.235. The number of allylic oxidation sites excluding steroid dienone is 2. The Morgan fingerprint density at radius 2 is 2.23 bits per heavy atom. The molecule has 2 heterocycles. The van der Waals surface area contributed by atoms with Gasteiger partial charge in [-0.1, -0.05) is 12.6 Å². The van der Waals surface area contributed by atoms with Crippen molar-refractivity contribution in [2.24, 2.45) is 10.7 Å². The van der Waals surface area contributed by atoms with Crippen molar-refractivity contribution in [3.05, 3.63) is 59.3 Å². The molecule has 2 rings (SSSR count). The van der Waals surface area contributed by atoms with E-state index in [9.17, 15) is 8.78 Å². The molecule has 0 aliphatic carbocycles. The number of hydrogen-bond donors (Lipinski definition) is 2. The Morgan fingerprint density at radius 1 is 1.46 bits per heavy atom. The molecule has 0 atom stereocenters. The summed E-state index contributed by atoms with van der Waals surface area (Å²) in [6.07, 6.45) is 4.89. The van der Waals surface area contributed by atoms with Gasteiger partial charge >= 0.3 is 6.61 Å². The fourth-order valence-corrected chi connectivity index (χ4v) is 2.59. The van der Waals surface area contributed by atoms with Gasteiger partial charge in [-0.2, -0.15) is 8.78 Å². The summed E-state index contributed by atoms with van der Waals surface area (Å²) < 4.78 is 29.0. The highest BCUT2D eigenvalue weighted by atomic mass is 32.1. The van der Waals surface area contributed by atoms with Crippen LogP contribution in [-0.4, -0.2) is 22.5 Å². The average Bonchev–Trinajstić information content (AvgIpc) is 3.08. The number of thiazole rings is 1. The van der Waals surface area contributed by atoms with Gasteiger partial charge in [-0.15, -0.1) is 11.3 Å². The molecule has 0 bridgehead atoms. The van der Waals surface area contributed by atoms with E-state index in [4.69, 9.17) is 5.73 Å². The van der Waals surface area contributed by atoms with Crippen LogP contribution in [0.3, 0.4) is 0 Å². The molecule has 0 aliphatic rings. The van der Waals surface area contributed by atoms with Crippen molar-refractivity contribution in [3.8, 4) is 5.88 Å². The summed E-state index contributed by atoms with van der Waals surface area (Å²) in [5.74, 6) is -0.0253. The Bertz CT molecular complexity index is 803. The number of aromatic nitrogens is 2. The van der Waals surface area contributed by atoms with Crippen LogP contribution >= 0.6 is 11.3 Å². The summed E-state index contributed by atoms with van der Waals surface area (Å²) in [7, 11) is 0. The van der Waals surface area contributed by atoms with Crippen LogP contribution in [0, 0.1) is 0 Å². The second kappa shape index (κ2) is 8.52. The highest BCUT2D eigenvalue weighted by Gasteiger charge is 2.23. The van der Waals surface area contributed by atoms with E-state index in [0.29, 0.717) is 11.3 Å². The van der Waals surface area contributed by atoms with Crippen LogP contribution in [-0.2, 0) is 5.54 Å². The van der Waals surface area contributed by atoms with Gasteiger partial charge < -0.3 is 15.8 Å². The Morgan fingerprint density at radius 3 is 2.88 bits per heavy atom. The van der Waals surface area contributed by atoms with Gasteiger partial charge in [-0.25, -0.2) is 15.0 Å². The first-order valence-electron chi connectivity index (χ1n) is 7.57. The van der Waals surface area contributed by atoms with E-state index < -0.39 is 12.2 Å². The maximum Gasteiger partial charge on any atom is 0.388 e. The van der Waals surface area contributed by atoms with Gasteiger partial charge in [0.15, 0.2) is 5.96 Å². The number of ether oxygens (including phenoxy) is 1. The van der Waals surface area contributed by atoms with E-state index in [1.165, 1.54) is 23.6 Å².